The summed E-state index contributed by atoms with van der Waals surface area (Å²) >= 11 is 0. The lowest BCUT2D eigenvalue weighted by atomic mass is 9.97. The highest BCUT2D eigenvalue weighted by atomic mass is 19.1. The van der Waals surface area contributed by atoms with Crippen LogP contribution in [0.2, 0.25) is 0 Å². The number of hydrogen-bond donors (Lipinski definition) is 0. The van der Waals surface area contributed by atoms with Crippen molar-refractivity contribution in [3.8, 4) is 5.75 Å². The number of aromatic nitrogens is 1. The normalized spacial score (nSPS) is 10.4. The minimum atomic E-state index is -0.654. The van der Waals surface area contributed by atoms with Crippen molar-refractivity contribution in [1.82, 2.24) is 4.98 Å². The van der Waals surface area contributed by atoms with E-state index >= 15 is 0 Å². The van der Waals surface area contributed by atoms with E-state index in [4.69, 9.17) is 17.3 Å². The minimum Gasteiger partial charge on any atom is -0.497 e. The molecule has 0 saturated heterocycles. The van der Waals surface area contributed by atoms with Crippen LogP contribution in [0.1, 0.15) is 11.1 Å². The van der Waals surface area contributed by atoms with E-state index in [2.05, 4.69) is 4.98 Å². The van der Waals surface area contributed by atoms with E-state index in [1.807, 2.05) is 24.3 Å². The van der Waals surface area contributed by atoms with Gasteiger partial charge in [-0.05, 0) is 28.7 Å². The number of pyridine rings is 1. The first-order valence-electron chi connectivity index (χ1n) is 5.79. The van der Waals surface area contributed by atoms with Crippen molar-refractivity contribution in [3.63, 3.8) is 0 Å². The molecule has 0 bridgehead atoms. The van der Waals surface area contributed by atoms with Crippen molar-refractivity contribution in [1.29, 1.82) is 0 Å². The zero-order chi connectivity index (χ0) is 13.7. The monoisotopic (exact) mass is 257 g/mol. The van der Waals surface area contributed by atoms with Gasteiger partial charge in [-0.3, -0.25) is 0 Å². The number of benzene rings is 1. The van der Waals surface area contributed by atoms with E-state index < -0.39 is 5.95 Å². The molecule has 96 valence electrons. The summed E-state index contributed by atoms with van der Waals surface area (Å²) in [7, 11) is 7.05. The highest BCUT2D eigenvalue weighted by Crippen LogP contribution is 2.12. The summed E-state index contributed by atoms with van der Waals surface area (Å²) in [6, 6.07) is 9.12. The molecule has 3 nitrogen and oxygen atoms in total. The van der Waals surface area contributed by atoms with Gasteiger partial charge < -0.3 is 9.47 Å². The van der Waals surface area contributed by atoms with E-state index in [1.54, 1.807) is 7.11 Å². The first-order chi connectivity index (χ1) is 9.19. The Morgan fingerprint density at radius 3 is 2.47 bits per heavy atom. The van der Waals surface area contributed by atoms with Gasteiger partial charge in [0.25, 0.3) is 0 Å². The molecule has 0 N–H and O–H groups in total. The molecule has 1 aromatic heterocycles. The van der Waals surface area contributed by atoms with Gasteiger partial charge in [-0.2, -0.15) is 4.39 Å². The van der Waals surface area contributed by atoms with E-state index in [9.17, 15) is 4.39 Å². The quantitative estimate of drug-likeness (QED) is 0.604. The van der Waals surface area contributed by atoms with E-state index in [0.717, 1.165) is 16.9 Å². The smallest absolute Gasteiger partial charge is 0.205 e. The summed E-state index contributed by atoms with van der Waals surface area (Å²) in [5.41, 5.74) is 1.81. The molecule has 0 atom stereocenters. The molecule has 0 unspecified atom stereocenters. The van der Waals surface area contributed by atoms with Gasteiger partial charge in [0.15, 0.2) is 0 Å². The minimum absolute atomic E-state index is 0.0329. The van der Waals surface area contributed by atoms with Crippen molar-refractivity contribution in [3.05, 3.63) is 53.6 Å². The number of halogens is 1. The topological polar surface area (TPSA) is 31.4 Å². The lowest BCUT2D eigenvalue weighted by molar-refractivity contribution is 0.107. The summed E-state index contributed by atoms with van der Waals surface area (Å²) in [6.45, 7) is 0.796. The summed E-state index contributed by atoms with van der Waals surface area (Å²) in [5, 5.41) is 0. The Labute approximate surface area is 112 Å². The summed E-state index contributed by atoms with van der Waals surface area (Å²) in [6.07, 6.45) is 1.42. The van der Waals surface area contributed by atoms with Crippen LogP contribution in [0.25, 0.3) is 0 Å². The third-order valence-electron chi connectivity index (χ3n) is 2.62. The molecular formula is C14H13BFNO2. The summed E-state index contributed by atoms with van der Waals surface area (Å²) in [5.74, 6) is 0.151. The summed E-state index contributed by atoms with van der Waals surface area (Å²) in [4.78, 5) is 3.54. The highest BCUT2D eigenvalue weighted by Gasteiger charge is 2.01. The third kappa shape index (κ3) is 3.79. The van der Waals surface area contributed by atoms with Crippen LogP contribution in [0, 0.1) is 5.95 Å². The predicted molar refractivity (Wildman–Crippen MR) is 71.1 cm³/mol. The van der Waals surface area contributed by atoms with Gasteiger partial charge in [-0.25, -0.2) is 4.98 Å². The van der Waals surface area contributed by atoms with E-state index in [1.165, 1.54) is 12.3 Å². The average molecular weight is 257 g/mol. The van der Waals surface area contributed by atoms with Crippen LogP contribution in [0.5, 0.6) is 5.75 Å². The van der Waals surface area contributed by atoms with Crippen molar-refractivity contribution >= 4 is 13.3 Å². The Morgan fingerprint density at radius 2 is 1.84 bits per heavy atom. The van der Waals surface area contributed by atoms with Gasteiger partial charge in [-0.1, -0.05) is 18.2 Å². The van der Waals surface area contributed by atoms with Crippen LogP contribution in [-0.4, -0.2) is 19.9 Å². The number of ether oxygens (including phenoxy) is 2. The van der Waals surface area contributed by atoms with Gasteiger partial charge in [-0.15, -0.1) is 0 Å². The fourth-order valence-electron chi connectivity index (χ4n) is 1.60. The second kappa shape index (κ2) is 6.34. The van der Waals surface area contributed by atoms with Crippen LogP contribution in [-0.2, 0) is 18.0 Å². The first kappa shape index (κ1) is 13.6. The van der Waals surface area contributed by atoms with Gasteiger partial charge in [0.05, 0.1) is 20.3 Å². The van der Waals surface area contributed by atoms with Crippen LogP contribution in [0.4, 0.5) is 4.39 Å². The Kier molecular flexibility index (Phi) is 4.52. The van der Waals surface area contributed by atoms with Gasteiger partial charge in [0, 0.05) is 6.20 Å². The molecule has 0 fully saturated rings. The molecule has 5 heteroatoms. The lowest BCUT2D eigenvalue weighted by Crippen LogP contribution is -2.12. The van der Waals surface area contributed by atoms with Gasteiger partial charge in [0.2, 0.25) is 5.95 Å². The van der Waals surface area contributed by atoms with E-state index in [-0.39, 0.29) is 5.46 Å². The molecule has 1 heterocycles. The zero-order valence-corrected chi connectivity index (χ0v) is 10.6. The highest BCUT2D eigenvalue weighted by molar-refractivity contribution is 6.32. The van der Waals surface area contributed by atoms with Gasteiger partial charge >= 0.3 is 0 Å². The SMILES string of the molecule is [B]c1cc(COCc2ccc(OC)cc2)cnc1F. The molecule has 1 aromatic carbocycles. The molecule has 0 amide bonds. The molecule has 0 aliphatic heterocycles. The Morgan fingerprint density at radius 1 is 1.16 bits per heavy atom. The third-order valence-corrected chi connectivity index (χ3v) is 2.62. The average Bonchev–Trinajstić information content (AvgIpc) is 2.43. The van der Waals surface area contributed by atoms with Crippen molar-refractivity contribution in [2.45, 2.75) is 13.2 Å². The molecule has 2 aromatic rings. The predicted octanol–water partition coefficient (Wildman–Crippen LogP) is 1.74. The molecule has 0 aliphatic rings. The number of rotatable bonds is 5. The molecule has 19 heavy (non-hydrogen) atoms. The molecule has 0 spiro atoms. The molecular weight excluding hydrogens is 244 g/mol. The zero-order valence-electron chi connectivity index (χ0n) is 10.6. The Balaban J connectivity index is 1.86. The number of nitrogens with zero attached hydrogens (tertiary/aromatic N) is 1. The second-order valence-electron chi connectivity index (χ2n) is 4.06. The fraction of sp³-hybridized carbons (Fsp3) is 0.214. The Hall–Kier alpha value is -1.88. The number of methoxy groups -OCH3 is 1. The Bertz CT molecular complexity index is 546. The summed E-state index contributed by atoms with van der Waals surface area (Å²) < 4.78 is 23.5. The largest absolute Gasteiger partial charge is 0.497 e. The fourth-order valence-corrected chi connectivity index (χ4v) is 1.60. The lowest BCUT2D eigenvalue weighted by Gasteiger charge is -2.06. The van der Waals surface area contributed by atoms with Crippen LogP contribution in [0.3, 0.4) is 0 Å². The second-order valence-corrected chi connectivity index (χ2v) is 4.06. The molecule has 2 radical (unpaired) electrons. The van der Waals surface area contributed by atoms with E-state index in [0.29, 0.717) is 13.2 Å². The maximum Gasteiger partial charge on any atom is 0.205 e. The van der Waals surface area contributed by atoms with Crippen LogP contribution < -0.4 is 10.2 Å². The van der Waals surface area contributed by atoms with Crippen molar-refractivity contribution < 1.29 is 13.9 Å². The number of hydrogen-bond acceptors (Lipinski definition) is 3. The van der Waals surface area contributed by atoms with Gasteiger partial charge in [0.1, 0.15) is 13.6 Å². The molecule has 2 rings (SSSR count). The van der Waals surface area contributed by atoms with Crippen molar-refractivity contribution in [2.75, 3.05) is 7.11 Å². The van der Waals surface area contributed by atoms with Crippen molar-refractivity contribution in [2.24, 2.45) is 0 Å². The maximum absolute atomic E-state index is 12.9. The van der Waals surface area contributed by atoms with Crippen LogP contribution >= 0.6 is 0 Å². The maximum atomic E-state index is 12.9. The molecule has 0 aliphatic carbocycles. The first-order valence-corrected chi connectivity index (χ1v) is 5.79. The molecule has 0 saturated carbocycles. The van der Waals surface area contributed by atoms with Crippen LogP contribution in [0.15, 0.2) is 36.5 Å². The standard InChI is InChI=1S/C14H13BFNO2/c1-18-12-4-2-10(3-5-12)8-19-9-11-6-13(15)14(16)17-7-11/h2-7H,8-9H2,1H3.